The number of ether oxygens (including phenoxy) is 2. The van der Waals surface area contributed by atoms with E-state index in [0.717, 1.165) is 34.2 Å². The first-order valence-electron chi connectivity index (χ1n) is 9.25. The third-order valence-electron chi connectivity index (χ3n) is 4.63. The van der Waals surface area contributed by atoms with Crippen molar-refractivity contribution in [3.8, 4) is 17.2 Å². The van der Waals surface area contributed by atoms with Gasteiger partial charge in [-0.15, -0.1) is 0 Å². The highest BCUT2D eigenvalue weighted by molar-refractivity contribution is 5.64. The Morgan fingerprint density at radius 3 is 2.48 bits per heavy atom. The Hall–Kier alpha value is -4.00. The highest BCUT2D eigenvalue weighted by atomic mass is 16.7. The maximum Gasteiger partial charge on any atom is 0.231 e. The average Bonchev–Trinajstić information content (AvgIpc) is 3.43. The number of aromatic nitrogens is 3. The average molecular weight is 385 g/mol. The Balaban J connectivity index is 1.34. The molecule has 144 valence electrons. The van der Waals surface area contributed by atoms with Crippen molar-refractivity contribution >= 4 is 23.1 Å². The van der Waals surface area contributed by atoms with E-state index in [1.165, 1.54) is 0 Å². The van der Waals surface area contributed by atoms with Crippen LogP contribution in [0, 0.1) is 6.92 Å². The Morgan fingerprint density at radius 2 is 1.66 bits per heavy atom. The van der Waals surface area contributed by atoms with Crippen LogP contribution in [0.15, 0.2) is 73.2 Å². The second-order valence-corrected chi connectivity index (χ2v) is 6.68. The van der Waals surface area contributed by atoms with Crippen LogP contribution in [0.3, 0.4) is 0 Å². The number of nitrogens with zero attached hydrogens (tertiary/aromatic N) is 3. The highest BCUT2D eigenvalue weighted by Crippen LogP contribution is 2.35. The van der Waals surface area contributed by atoms with E-state index in [9.17, 15) is 0 Å². The second-order valence-electron chi connectivity index (χ2n) is 6.68. The maximum absolute atomic E-state index is 5.42. The fourth-order valence-electron chi connectivity index (χ4n) is 3.09. The Morgan fingerprint density at radius 1 is 0.897 bits per heavy atom. The molecule has 4 aromatic rings. The van der Waals surface area contributed by atoms with Gasteiger partial charge >= 0.3 is 0 Å². The van der Waals surface area contributed by atoms with Gasteiger partial charge in [0.2, 0.25) is 12.7 Å². The minimum atomic E-state index is 0.247. The zero-order valence-electron chi connectivity index (χ0n) is 15.8. The summed E-state index contributed by atoms with van der Waals surface area (Å²) >= 11 is 0. The van der Waals surface area contributed by atoms with Gasteiger partial charge in [0.1, 0.15) is 5.82 Å². The maximum atomic E-state index is 5.42. The highest BCUT2D eigenvalue weighted by Gasteiger charge is 2.14. The van der Waals surface area contributed by atoms with Crippen molar-refractivity contribution in [2.45, 2.75) is 6.92 Å². The van der Waals surface area contributed by atoms with E-state index in [1.54, 1.807) is 6.20 Å². The van der Waals surface area contributed by atoms with Gasteiger partial charge in [-0.05, 0) is 55.5 Å². The molecule has 0 amide bonds. The predicted molar refractivity (Wildman–Crippen MR) is 112 cm³/mol. The zero-order chi connectivity index (χ0) is 19.6. The number of anilines is 4. The lowest BCUT2D eigenvalue weighted by Crippen LogP contribution is -2.03. The molecular formula is C22H19N5O2. The number of rotatable bonds is 5. The van der Waals surface area contributed by atoms with E-state index in [2.05, 4.69) is 37.3 Å². The van der Waals surface area contributed by atoms with Gasteiger partial charge in [-0.1, -0.05) is 0 Å². The number of hydrogen-bond donors (Lipinski definition) is 2. The van der Waals surface area contributed by atoms with E-state index in [1.807, 2.05) is 61.8 Å². The summed E-state index contributed by atoms with van der Waals surface area (Å²) in [5.74, 6) is 2.70. The minimum absolute atomic E-state index is 0.247. The van der Waals surface area contributed by atoms with Crippen LogP contribution < -0.4 is 20.1 Å². The molecule has 7 heteroatoms. The van der Waals surface area contributed by atoms with Gasteiger partial charge in [0.05, 0.1) is 0 Å². The van der Waals surface area contributed by atoms with Crippen LogP contribution in [0.1, 0.15) is 5.56 Å². The normalized spacial score (nSPS) is 12.0. The summed E-state index contributed by atoms with van der Waals surface area (Å²) in [7, 11) is 0. The Kier molecular flexibility index (Phi) is 4.25. The summed E-state index contributed by atoms with van der Waals surface area (Å²) in [6.07, 6.45) is 5.83. The summed E-state index contributed by atoms with van der Waals surface area (Å²) in [6.45, 7) is 2.22. The molecule has 2 aromatic heterocycles. The van der Waals surface area contributed by atoms with Crippen LogP contribution in [0.4, 0.5) is 23.1 Å². The summed E-state index contributed by atoms with van der Waals surface area (Å²) in [5.41, 5.74) is 3.85. The summed E-state index contributed by atoms with van der Waals surface area (Å²) in [5, 5.41) is 6.58. The number of fused-ring (bicyclic) bond motifs is 1. The third-order valence-corrected chi connectivity index (χ3v) is 4.63. The predicted octanol–water partition coefficient (Wildman–Crippen LogP) is 4.79. The van der Waals surface area contributed by atoms with E-state index >= 15 is 0 Å². The summed E-state index contributed by atoms with van der Waals surface area (Å²) in [6, 6.07) is 17.8. The van der Waals surface area contributed by atoms with Gasteiger partial charge in [-0.25, -0.2) is 4.98 Å². The van der Waals surface area contributed by atoms with Crippen molar-refractivity contribution in [1.82, 2.24) is 14.5 Å². The van der Waals surface area contributed by atoms with Crippen molar-refractivity contribution < 1.29 is 9.47 Å². The molecule has 0 atom stereocenters. The van der Waals surface area contributed by atoms with Crippen LogP contribution in [0.5, 0.6) is 11.5 Å². The molecule has 0 radical (unpaired) electrons. The van der Waals surface area contributed by atoms with Crippen molar-refractivity contribution in [3.05, 3.63) is 78.8 Å². The smallest absolute Gasteiger partial charge is 0.231 e. The summed E-state index contributed by atoms with van der Waals surface area (Å²) in [4.78, 5) is 9.00. The topological polar surface area (TPSA) is 73.2 Å². The largest absolute Gasteiger partial charge is 0.454 e. The number of benzene rings is 2. The molecule has 0 bridgehead atoms. The van der Waals surface area contributed by atoms with Crippen molar-refractivity contribution in [2.24, 2.45) is 0 Å². The standard InChI is InChI=1S/C22H19N5O2/c1-15-13-23-22(25-17-6-9-19-20(12-17)29-14-28-19)26-21(15)24-16-4-7-18(8-5-16)27-10-2-3-11-27/h2-13H,14H2,1H3,(H2,23,24,25,26). The second kappa shape index (κ2) is 7.20. The van der Waals surface area contributed by atoms with E-state index in [0.29, 0.717) is 11.7 Å². The van der Waals surface area contributed by atoms with E-state index in [-0.39, 0.29) is 6.79 Å². The number of nitrogens with one attached hydrogen (secondary N) is 2. The lowest BCUT2D eigenvalue weighted by Gasteiger charge is -2.12. The molecule has 1 aliphatic heterocycles. The fourth-order valence-corrected chi connectivity index (χ4v) is 3.09. The molecule has 7 nitrogen and oxygen atoms in total. The van der Waals surface area contributed by atoms with Gasteiger partial charge in [0.15, 0.2) is 11.5 Å². The first-order chi connectivity index (χ1) is 14.2. The SMILES string of the molecule is Cc1cnc(Nc2ccc3c(c2)OCO3)nc1Nc1ccc(-n2cccc2)cc1. The lowest BCUT2D eigenvalue weighted by atomic mass is 10.2. The van der Waals surface area contributed by atoms with Crippen molar-refractivity contribution in [3.63, 3.8) is 0 Å². The van der Waals surface area contributed by atoms with Gasteiger partial charge in [0, 0.05) is 47.3 Å². The quantitative estimate of drug-likeness (QED) is 0.514. The molecular weight excluding hydrogens is 366 g/mol. The molecule has 0 saturated heterocycles. The monoisotopic (exact) mass is 385 g/mol. The van der Waals surface area contributed by atoms with E-state index < -0.39 is 0 Å². The molecule has 0 spiro atoms. The number of aryl methyl sites for hydroxylation is 1. The van der Waals surface area contributed by atoms with Crippen molar-refractivity contribution in [2.75, 3.05) is 17.4 Å². The first kappa shape index (κ1) is 17.1. The molecule has 0 fully saturated rings. The number of hydrogen-bond acceptors (Lipinski definition) is 6. The van der Waals surface area contributed by atoms with Crippen LogP contribution in [-0.2, 0) is 0 Å². The van der Waals surface area contributed by atoms with Crippen LogP contribution in [0.2, 0.25) is 0 Å². The minimum Gasteiger partial charge on any atom is -0.454 e. The Bertz CT molecular complexity index is 1140. The molecule has 0 unspecified atom stereocenters. The summed E-state index contributed by atoms with van der Waals surface area (Å²) < 4.78 is 12.8. The van der Waals surface area contributed by atoms with Gasteiger partial charge in [-0.3, -0.25) is 0 Å². The third kappa shape index (κ3) is 3.58. The molecule has 1 aliphatic rings. The van der Waals surface area contributed by atoms with Gasteiger partial charge < -0.3 is 24.7 Å². The molecule has 5 rings (SSSR count). The molecule has 0 saturated carbocycles. The molecule has 0 aliphatic carbocycles. The van der Waals surface area contributed by atoms with Crippen LogP contribution in [0.25, 0.3) is 5.69 Å². The van der Waals surface area contributed by atoms with Gasteiger partial charge in [-0.2, -0.15) is 4.98 Å². The molecule has 3 heterocycles. The lowest BCUT2D eigenvalue weighted by molar-refractivity contribution is 0.174. The zero-order valence-corrected chi connectivity index (χ0v) is 15.8. The molecule has 2 N–H and O–H groups in total. The first-order valence-corrected chi connectivity index (χ1v) is 9.25. The Labute approximate surface area is 168 Å². The van der Waals surface area contributed by atoms with Crippen LogP contribution in [-0.4, -0.2) is 21.3 Å². The van der Waals surface area contributed by atoms with Gasteiger partial charge in [0.25, 0.3) is 0 Å². The van der Waals surface area contributed by atoms with E-state index in [4.69, 9.17) is 9.47 Å². The molecule has 29 heavy (non-hydrogen) atoms. The van der Waals surface area contributed by atoms with Crippen molar-refractivity contribution in [1.29, 1.82) is 0 Å². The molecule has 2 aromatic carbocycles. The van der Waals surface area contributed by atoms with Crippen LogP contribution >= 0.6 is 0 Å². The fraction of sp³-hybridized carbons (Fsp3) is 0.0909.